The minimum absolute atomic E-state index is 0.757. The Balaban J connectivity index is 1.69. The molecule has 6 heteroatoms. The van der Waals surface area contributed by atoms with Crippen LogP contribution in [0.25, 0.3) is 0 Å². The first-order valence-electron chi connectivity index (χ1n) is 7.10. The Morgan fingerprint density at radius 3 is 2.87 bits per heavy atom. The number of rotatable bonds is 6. The number of methoxy groups -OCH3 is 1. The standard InChI is InChI=1S/C17H16N4OS/c1-22-16-9-5-8-15(10-16)11-19-21-13-18-20-17(21)23-12-14-6-3-2-4-7-14/h2-11,13H,12H2,1H3. The maximum atomic E-state index is 5.21. The van der Waals surface area contributed by atoms with Gasteiger partial charge < -0.3 is 4.74 Å². The normalized spacial score (nSPS) is 11.0. The van der Waals surface area contributed by atoms with Crippen molar-refractivity contribution in [2.24, 2.45) is 5.10 Å². The van der Waals surface area contributed by atoms with Gasteiger partial charge in [-0.15, -0.1) is 10.2 Å². The molecule has 0 radical (unpaired) electrons. The summed E-state index contributed by atoms with van der Waals surface area (Å²) in [6.45, 7) is 0. The molecule has 0 atom stereocenters. The number of hydrogen-bond acceptors (Lipinski definition) is 5. The summed E-state index contributed by atoms with van der Waals surface area (Å²) in [5, 5.41) is 13.2. The summed E-state index contributed by atoms with van der Waals surface area (Å²) in [4.78, 5) is 0. The van der Waals surface area contributed by atoms with Crippen LogP contribution >= 0.6 is 11.8 Å². The quantitative estimate of drug-likeness (QED) is 0.515. The lowest BCUT2D eigenvalue weighted by Gasteiger charge is -2.02. The molecule has 1 heterocycles. The summed E-state index contributed by atoms with van der Waals surface area (Å²) in [6.07, 6.45) is 3.36. The molecular weight excluding hydrogens is 308 g/mol. The molecular formula is C17H16N4OS. The van der Waals surface area contributed by atoms with E-state index < -0.39 is 0 Å². The van der Waals surface area contributed by atoms with Gasteiger partial charge in [-0.1, -0.05) is 54.2 Å². The fraction of sp³-hybridized carbons (Fsp3) is 0.118. The van der Waals surface area contributed by atoms with Gasteiger partial charge in [0, 0.05) is 5.75 Å². The van der Waals surface area contributed by atoms with Crippen LogP contribution in [0.1, 0.15) is 11.1 Å². The highest BCUT2D eigenvalue weighted by molar-refractivity contribution is 7.98. The van der Waals surface area contributed by atoms with Crippen LogP contribution < -0.4 is 4.74 Å². The SMILES string of the molecule is COc1cccc(C=Nn2cnnc2SCc2ccccc2)c1. The average molecular weight is 324 g/mol. The molecule has 0 aliphatic carbocycles. The van der Waals surface area contributed by atoms with Crippen molar-refractivity contribution >= 4 is 18.0 Å². The van der Waals surface area contributed by atoms with E-state index in [1.54, 1.807) is 36.1 Å². The van der Waals surface area contributed by atoms with Crippen molar-refractivity contribution in [3.8, 4) is 5.75 Å². The van der Waals surface area contributed by atoms with Crippen LogP contribution in [0, 0.1) is 0 Å². The van der Waals surface area contributed by atoms with Crippen LogP contribution in [-0.4, -0.2) is 28.2 Å². The first-order chi connectivity index (χ1) is 11.3. The fourth-order valence-electron chi connectivity index (χ4n) is 1.97. The Bertz CT molecular complexity index is 786. The second-order valence-electron chi connectivity index (χ2n) is 4.75. The van der Waals surface area contributed by atoms with Crippen LogP contribution in [-0.2, 0) is 5.75 Å². The highest BCUT2D eigenvalue weighted by atomic mass is 32.2. The molecule has 0 N–H and O–H groups in total. The lowest BCUT2D eigenvalue weighted by atomic mass is 10.2. The third-order valence-electron chi connectivity index (χ3n) is 3.14. The lowest BCUT2D eigenvalue weighted by Crippen LogP contribution is -1.93. The molecule has 0 unspecified atom stereocenters. The molecule has 5 nitrogen and oxygen atoms in total. The van der Waals surface area contributed by atoms with E-state index >= 15 is 0 Å². The Hall–Kier alpha value is -2.60. The summed E-state index contributed by atoms with van der Waals surface area (Å²) in [6, 6.07) is 18.0. The molecule has 0 aliphatic rings. The van der Waals surface area contributed by atoms with Crippen molar-refractivity contribution in [1.29, 1.82) is 0 Å². The zero-order valence-corrected chi connectivity index (χ0v) is 13.5. The Morgan fingerprint density at radius 1 is 1.17 bits per heavy atom. The summed E-state index contributed by atoms with van der Waals surface area (Å²) in [7, 11) is 1.65. The highest BCUT2D eigenvalue weighted by Crippen LogP contribution is 2.20. The van der Waals surface area contributed by atoms with E-state index in [-0.39, 0.29) is 0 Å². The minimum Gasteiger partial charge on any atom is -0.497 e. The topological polar surface area (TPSA) is 52.3 Å². The zero-order valence-electron chi connectivity index (χ0n) is 12.7. The highest BCUT2D eigenvalue weighted by Gasteiger charge is 2.04. The van der Waals surface area contributed by atoms with E-state index in [0.29, 0.717) is 0 Å². The molecule has 2 aromatic carbocycles. The van der Waals surface area contributed by atoms with Crippen LogP contribution in [0.3, 0.4) is 0 Å². The number of ether oxygens (including phenoxy) is 1. The molecule has 0 saturated heterocycles. The monoisotopic (exact) mass is 324 g/mol. The van der Waals surface area contributed by atoms with E-state index in [2.05, 4.69) is 27.4 Å². The molecule has 116 valence electrons. The molecule has 3 aromatic rings. The molecule has 0 spiro atoms. The average Bonchev–Trinajstić information content (AvgIpc) is 3.07. The number of thioether (sulfide) groups is 1. The maximum absolute atomic E-state index is 5.21. The predicted molar refractivity (Wildman–Crippen MR) is 92.0 cm³/mol. The second kappa shape index (κ2) is 7.60. The summed E-state index contributed by atoms with van der Waals surface area (Å²) in [5.41, 5.74) is 2.20. The van der Waals surface area contributed by atoms with Gasteiger partial charge in [-0.2, -0.15) is 9.78 Å². The van der Waals surface area contributed by atoms with Crippen LogP contribution in [0.5, 0.6) is 5.75 Å². The largest absolute Gasteiger partial charge is 0.497 e. The molecule has 3 rings (SSSR count). The van der Waals surface area contributed by atoms with Crippen molar-refractivity contribution in [3.05, 3.63) is 72.1 Å². The van der Waals surface area contributed by atoms with E-state index in [1.807, 2.05) is 42.5 Å². The van der Waals surface area contributed by atoms with E-state index in [9.17, 15) is 0 Å². The van der Waals surface area contributed by atoms with Crippen molar-refractivity contribution in [2.45, 2.75) is 10.9 Å². The Kier molecular flexibility index (Phi) is 5.06. The molecule has 0 fully saturated rings. The first-order valence-corrected chi connectivity index (χ1v) is 8.09. The zero-order chi connectivity index (χ0) is 15.9. The summed E-state index contributed by atoms with van der Waals surface area (Å²) >= 11 is 1.60. The van der Waals surface area contributed by atoms with Gasteiger partial charge in [0.15, 0.2) is 0 Å². The van der Waals surface area contributed by atoms with Crippen molar-refractivity contribution in [2.75, 3.05) is 7.11 Å². The van der Waals surface area contributed by atoms with Gasteiger partial charge in [0.05, 0.1) is 13.3 Å². The number of hydrogen-bond donors (Lipinski definition) is 0. The van der Waals surface area contributed by atoms with Gasteiger partial charge in [0.25, 0.3) is 0 Å². The van der Waals surface area contributed by atoms with Gasteiger partial charge in [-0.05, 0) is 23.3 Å². The Morgan fingerprint density at radius 2 is 2.04 bits per heavy atom. The van der Waals surface area contributed by atoms with Crippen molar-refractivity contribution in [1.82, 2.24) is 14.9 Å². The van der Waals surface area contributed by atoms with Gasteiger partial charge in [0.1, 0.15) is 12.1 Å². The summed E-state index contributed by atoms with van der Waals surface area (Å²) < 4.78 is 6.88. The number of benzene rings is 2. The second-order valence-corrected chi connectivity index (χ2v) is 5.70. The molecule has 0 saturated carbocycles. The first kappa shape index (κ1) is 15.3. The third kappa shape index (κ3) is 4.20. The smallest absolute Gasteiger partial charge is 0.212 e. The van der Waals surface area contributed by atoms with Crippen LogP contribution in [0.4, 0.5) is 0 Å². The fourth-order valence-corrected chi connectivity index (χ4v) is 2.79. The number of aromatic nitrogens is 3. The lowest BCUT2D eigenvalue weighted by molar-refractivity contribution is 0.414. The van der Waals surface area contributed by atoms with Gasteiger partial charge in [-0.25, -0.2) is 0 Å². The van der Waals surface area contributed by atoms with Crippen LogP contribution in [0.2, 0.25) is 0 Å². The molecule has 0 amide bonds. The van der Waals surface area contributed by atoms with Gasteiger partial charge in [-0.3, -0.25) is 0 Å². The van der Waals surface area contributed by atoms with Gasteiger partial charge >= 0.3 is 0 Å². The molecule has 23 heavy (non-hydrogen) atoms. The Labute approximate surface area is 139 Å². The van der Waals surface area contributed by atoms with Crippen molar-refractivity contribution in [3.63, 3.8) is 0 Å². The predicted octanol–water partition coefficient (Wildman–Crippen LogP) is 3.46. The molecule has 1 aromatic heterocycles. The summed E-state index contributed by atoms with van der Waals surface area (Å²) in [5.74, 6) is 1.63. The van der Waals surface area contributed by atoms with E-state index in [0.717, 1.165) is 22.2 Å². The van der Waals surface area contributed by atoms with E-state index in [4.69, 9.17) is 4.74 Å². The van der Waals surface area contributed by atoms with Crippen LogP contribution in [0.15, 0.2) is 71.2 Å². The van der Waals surface area contributed by atoms with E-state index in [1.165, 1.54) is 5.56 Å². The molecule has 0 bridgehead atoms. The maximum Gasteiger partial charge on any atom is 0.212 e. The number of nitrogens with zero attached hydrogens (tertiary/aromatic N) is 4. The third-order valence-corrected chi connectivity index (χ3v) is 4.14. The van der Waals surface area contributed by atoms with Crippen molar-refractivity contribution < 1.29 is 4.74 Å². The van der Waals surface area contributed by atoms with Gasteiger partial charge in [0.2, 0.25) is 5.16 Å². The minimum atomic E-state index is 0.757. The molecule has 0 aliphatic heterocycles.